The van der Waals surface area contributed by atoms with Crippen LogP contribution in [0.15, 0.2) is 42.6 Å². The minimum atomic E-state index is -5.22. The van der Waals surface area contributed by atoms with Gasteiger partial charge in [-0.15, -0.1) is 13.2 Å². The Bertz CT molecular complexity index is 1300. The zero-order valence-corrected chi connectivity index (χ0v) is 17.9. The number of nitrogens with one attached hydrogen (secondary N) is 1. The van der Waals surface area contributed by atoms with Crippen LogP contribution in [0.2, 0.25) is 5.02 Å². The number of hydrogen-bond acceptors (Lipinski definition) is 6. The molecule has 0 fully saturated rings. The summed E-state index contributed by atoms with van der Waals surface area (Å²) in [6.07, 6.45) is -4.01. The molecule has 0 saturated heterocycles. The predicted molar refractivity (Wildman–Crippen MR) is 112 cm³/mol. The fraction of sp³-hybridized carbons (Fsp3) is 0.0952. The summed E-state index contributed by atoms with van der Waals surface area (Å²) in [5.74, 6) is -7.70. The molecule has 0 aliphatic rings. The molecule has 3 rings (SSSR count). The van der Waals surface area contributed by atoms with Crippen LogP contribution in [0.5, 0.6) is 17.2 Å². The second-order valence-corrected chi connectivity index (χ2v) is 7.10. The third-order valence-corrected chi connectivity index (χ3v) is 4.65. The second-order valence-electron chi connectivity index (χ2n) is 6.69. The van der Waals surface area contributed by atoms with Gasteiger partial charge in [-0.05, 0) is 36.4 Å². The number of halogens is 6. The smallest absolute Gasteiger partial charge is 0.477 e. The first kappa shape index (κ1) is 25.5. The highest BCUT2D eigenvalue weighted by molar-refractivity contribution is 6.31. The minimum absolute atomic E-state index is 0.149. The molecule has 0 unspecified atom stereocenters. The average molecular weight is 518 g/mol. The number of hydrogen-bond donors (Lipinski definition) is 3. The van der Waals surface area contributed by atoms with Gasteiger partial charge in [0.2, 0.25) is 0 Å². The summed E-state index contributed by atoms with van der Waals surface area (Å²) in [6.45, 7) is -0.545. The Hall–Kier alpha value is -4.13. The maximum absolute atomic E-state index is 15.0. The maximum Gasteiger partial charge on any atom is 0.573 e. The molecule has 14 heteroatoms. The van der Waals surface area contributed by atoms with Crippen LogP contribution in [0.1, 0.15) is 26.4 Å². The summed E-state index contributed by atoms with van der Waals surface area (Å²) in [7, 11) is 0. The molecular formula is C21H13ClF5N3O5. The van der Waals surface area contributed by atoms with Crippen LogP contribution in [-0.2, 0) is 6.54 Å². The van der Waals surface area contributed by atoms with E-state index in [4.69, 9.17) is 22.1 Å². The molecule has 0 saturated carbocycles. The molecule has 0 aliphatic carbocycles. The van der Waals surface area contributed by atoms with E-state index >= 15 is 4.39 Å². The molecule has 1 amide bonds. The molecule has 0 atom stereocenters. The van der Waals surface area contributed by atoms with Crippen molar-refractivity contribution in [2.45, 2.75) is 12.9 Å². The number of alkyl halides is 3. The van der Waals surface area contributed by atoms with Gasteiger partial charge >= 0.3 is 12.3 Å². The highest BCUT2D eigenvalue weighted by Crippen LogP contribution is 2.37. The molecule has 8 nitrogen and oxygen atoms in total. The first-order valence-electron chi connectivity index (χ1n) is 9.33. The number of primary amides is 1. The van der Waals surface area contributed by atoms with Crippen molar-refractivity contribution in [2.24, 2.45) is 5.73 Å². The summed E-state index contributed by atoms with van der Waals surface area (Å²) in [6, 6.07) is 6.02. The van der Waals surface area contributed by atoms with Gasteiger partial charge < -0.3 is 25.6 Å². The van der Waals surface area contributed by atoms with E-state index in [1.54, 1.807) is 0 Å². The van der Waals surface area contributed by atoms with Crippen LogP contribution >= 0.6 is 11.6 Å². The van der Waals surface area contributed by atoms with Crippen molar-refractivity contribution in [3.05, 3.63) is 76.1 Å². The lowest BCUT2D eigenvalue weighted by Gasteiger charge is -2.18. The number of pyridine rings is 1. The summed E-state index contributed by atoms with van der Waals surface area (Å²) in [5.41, 5.74) is 3.66. The van der Waals surface area contributed by atoms with Crippen molar-refractivity contribution in [3.8, 4) is 17.2 Å². The van der Waals surface area contributed by atoms with Crippen molar-refractivity contribution in [1.82, 2.24) is 4.98 Å². The quantitative estimate of drug-likeness (QED) is 0.355. The molecule has 4 N–H and O–H groups in total. The number of nitrogens with two attached hydrogens (primary N) is 1. The van der Waals surface area contributed by atoms with Crippen LogP contribution < -0.4 is 20.5 Å². The van der Waals surface area contributed by atoms with Crippen LogP contribution in [0, 0.1) is 11.6 Å². The molecule has 184 valence electrons. The largest absolute Gasteiger partial charge is 0.573 e. The van der Waals surface area contributed by atoms with E-state index in [9.17, 15) is 32.3 Å². The van der Waals surface area contributed by atoms with Crippen LogP contribution in [-0.4, -0.2) is 28.3 Å². The highest BCUT2D eigenvalue weighted by Gasteiger charge is 2.33. The Morgan fingerprint density at radius 2 is 1.71 bits per heavy atom. The molecule has 0 radical (unpaired) electrons. The Morgan fingerprint density at radius 3 is 2.34 bits per heavy atom. The summed E-state index contributed by atoms with van der Waals surface area (Å²) in [4.78, 5) is 26.5. The zero-order valence-electron chi connectivity index (χ0n) is 17.1. The normalized spacial score (nSPS) is 11.1. The Balaban J connectivity index is 2.04. The van der Waals surface area contributed by atoms with Gasteiger partial charge in [0.25, 0.3) is 5.91 Å². The first-order chi connectivity index (χ1) is 16.4. The third-order valence-electron chi connectivity index (χ3n) is 4.36. The van der Waals surface area contributed by atoms with Crippen LogP contribution in [0.4, 0.5) is 27.6 Å². The van der Waals surface area contributed by atoms with Gasteiger partial charge in [-0.3, -0.25) is 9.78 Å². The fourth-order valence-corrected chi connectivity index (χ4v) is 3.00. The van der Waals surface area contributed by atoms with E-state index in [1.165, 1.54) is 18.3 Å². The summed E-state index contributed by atoms with van der Waals surface area (Å²) in [5, 5.41) is 11.4. The number of ether oxygens (including phenoxy) is 2. The molecule has 1 heterocycles. The lowest BCUT2D eigenvalue weighted by Crippen LogP contribution is -2.19. The number of carbonyl (C=O) groups excluding carboxylic acids is 1. The number of rotatable bonds is 8. The highest BCUT2D eigenvalue weighted by atomic mass is 35.5. The molecular weight excluding hydrogens is 505 g/mol. The van der Waals surface area contributed by atoms with Crippen molar-refractivity contribution < 1.29 is 46.1 Å². The Kier molecular flexibility index (Phi) is 7.29. The van der Waals surface area contributed by atoms with Gasteiger partial charge in [0, 0.05) is 18.4 Å². The van der Waals surface area contributed by atoms with Gasteiger partial charge in [0.15, 0.2) is 17.4 Å². The van der Waals surface area contributed by atoms with Gasteiger partial charge in [0.05, 0.1) is 10.6 Å². The lowest BCUT2D eigenvalue weighted by atomic mass is 10.1. The third kappa shape index (κ3) is 6.06. The summed E-state index contributed by atoms with van der Waals surface area (Å²) >= 11 is 5.60. The van der Waals surface area contributed by atoms with E-state index in [1.807, 2.05) is 0 Å². The fourth-order valence-electron chi connectivity index (χ4n) is 2.85. The molecule has 1 aromatic heterocycles. The molecule has 0 spiro atoms. The van der Waals surface area contributed by atoms with E-state index < -0.39 is 69.8 Å². The number of aromatic nitrogens is 1. The molecule has 35 heavy (non-hydrogen) atoms. The van der Waals surface area contributed by atoms with E-state index in [0.717, 1.165) is 18.2 Å². The Morgan fingerprint density at radius 1 is 1.06 bits per heavy atom. The van der Waals surface area contributed by atoms with Crippen molar-refractivity contribution in [1.29, 1.82) is 0 Å². The monoisotopic (exact) mass is 517 g/mol. The Labute approximate surface area is 198 Å². The van der Waals surface area contributed by atoms with Crippen molar-refractivity contribution >= 4 is 29.2 Å². The number of amides is 1. The van der Waals surface area contributed by atoms with Crippen molar-refractivity contribution in [2.75, 3.05) is 5.32 Å². The number of aromatic carboxylic acids is 1. The van der Waals surface area contributed by atoms with E-state index in [-0.39, 0.29) is 11.4 Å². The van der Waals surface area contributed by atoms with Gasteiger partial charge in [-0.25, -0.2) is 13.6 Å². The number of benzene rings is 2. The number of carboxylic acid groups (broad SMARTS) is 1. The molecule has 0 bridgehead atoms. The van der Waals surface area contributed by atoms with Gasteiger partial charge in [-0.1, -0.05) is 11.6 Å². The van der Waals surface area contributed by atoms with Gasteiger partial charge in [-0.2, -0.15) is 0 Å². The number of carbonyl (C=O) groups is 2. The van der Waals surface area contributed by atoms with Crippen LogP contribution in [0.3, 0.4) is 0 Å². The molecule has 0 aliphatic heterocycles. The predicted octanol–water partition coefficient (Wildman–Crippen LogP) is 5.11. The van der Waals surface area contributed by atoms with E-state index in [2.05, 4.69) is 15.0 Å². The van der Waals surface area contributed by atoms with Crippen molar-refractivity contribution in [3.63, 3.8) is 0 Å². The van der Waals surface area contributed by atoms with Crippen LogP contribution in [0.25, 0.3) is 0 Å². The topological polar surface area (TPSA) is 124 Å². The zero-order chi connectivity index (χ0) is 25.9. The van der Waals surface area contributed by atoms with Gasteiger partial charge in [0.1, 0.15) is 22.8 Å². The number of carboxylic acids is 1. The minimum Gasteiger partial charge on any atom is -0.477 e. The first-order valence-corrected chi connectivity index (χ1v) is 9.71. The average Bonchev–Trinajstić information content (AvgIpc) is 2.77. The SMILES string of the molecule is NC(=O)c1cc(NCc2c(Oc3ccc(Cl)c(F)c3C(=O)O)ccc(OC(F)(F)F)c2F)ccn1. The lowest BCUT2D eigenvalue weighted by molar-refractivity contribution is -0.275. The molecule has 2 aromatic carbocycles. The van der Waals surface area contributed by atoms with E-state index in [0.29, 0.717) is 6.07 Å². The summed E-state index contributed by atoms with van der Waals surface area (Å²) < 4.78 is 76.4. The number of anilines is 1. The standard InChI is InChI=1S/C21H13ClF5N3O5/c22-11-1-2-14(16(18(11)24)20(32)33)34-13-3-4-15(35-21(25,26)27)17(23)10(13)8-30-9-5-6-29-12(7-9)19(28)31/h1-7H,8H2,(H2,28,31)(H,29,30)(H,32,33). The molecule has 3 aromatic rings. The maximum atomic E-state index is 15.0. The second kappa shape index (κ2) is 10.0. The number of nitrogens with zero attached hydrogens (tertiary/aromatic N) is 1.